The summed E-state index contributed by atoms with van der Waals surface area (Å²) < 4.78 is 64.7. The van der Waals surface area contributed by atoms with E-state index in [1.54, 1.807) is 0 Å². The van der Waals surface area contributed by atoms with E-state index in [2.05, 4.69) is 0 Å². The Bertz CT molecular complexity index is 4610. The molecular formula is C68H54O43. The lowest BCUT2D eigenvalue weighted by molar-refractivity contribution is -0.373. The van der Waals surface area contributed by atoms with Crippen LogP contribution in [0.25, 0.3) is 0 Å². The molecule has 0 spiro atoms. The minimum atomic E-state index is -3.10. The van der Waals surface area contributed by atoms with Crippen LogP contribution in [0.5, 0.6) is 138 Å². The van der Waals surface area contributed by atoms with E-state index in [0.717, 1.165) is 0 Å². The van der Waals surface area contributed by atoms with Gasteiger partial charge in [0.1, 0.15) is 25.4 Å². The van der Waals surface area contributed by atoms with Gasteiger partial charge in [-0.1, -0.05) is 0 Å². The van der Waals surface area contributed by atoms with Crippen LogP contribution in [0.4, 0.5) is 0 Å². The molecule has 584 valence electrons. The molecule has 2 fully saturated rings. The Morgan fingerprint density at radius 3 is 0.532 bits per heavy atom. The molecule has 0 saturated carbocycles. The van der Waals surface area contributed by atoms with Gasteiger partial charge in [-0.15, -0.1) is 0 Å². The van der Waals surface area contributed by atoms with Gasteiger partial charge in [0.15, 0.2) is 175 Å². The highest BCUT2D eigenvalue weighted by molar-refractivity contribution is 5.96. The number of hydrogen-bond acceptors (Lipinski definition) is 43. The lowest BCUT2D eigenvalue weighted by Gasteiger charge is -2.48. The first-order valence-corrected chi connectivity index (χ1v) is 30.8. The third-order valence-electron chi connectivity index (χ3n) is 16.1. The molecule has 10 atom stereocenters. The van der Waals surface area contributed by atoms with Crippen molar-refractivity contribution in [1.82, 2.24) is 0 Å². The van der Waals surface area contributed by atoms with Crippen LogP contribution in [-0.2, 0) is 52.1 Å². The summed E-state index contributed by atoms with van der Waals surface area (Å²) in [7, 11) is 0. The van der Waals surface area contributed by atoms with Gasteiger partial charge in [0.05, 0.1) is 44.5 Å². The van der Waals surface area contributed by atoms with E-state index >= 15 is 0 Å². The Morgan fingerprint density at radius 1 is 0.216 bits per heavy atom. The van der Waals surface area contributed by atoms with E-state index in [9.17, 15) is 161 Å². The summed E-state index contributed by atoms with van der Waals surface area (Å²) in [4.78, 5) is 117. The predicted octanol–water partition coefficient (Wildman–Crippen LogP) is 2.45. The van der Waals surface area contributed by atoms with E-state index in [-0.39, 0.29) is 0 Å². The smallest absolute Gasteiger partial charge is 0.339 e. The van der Waals surface area contributed by atoms with E-state index in [0.29, 0.717) is 97.1 Å². The van der Waals surface area contributed by atoms with Crippen molar-refractivity contribution in [2.45, 2.75) is 61.4 Å². The second kappa shape index (κ2) is 31.0. The Hall–Kier alpha value is -15.4. The first-order valence-electron chi connectivity index (χ1n) is 30.8. The SMILES string of the molecule is O=C(OC[C@@H]1O[C@@H](O[C@H]2O[C@H](COC(=O)c3cc(O)c(O)c(O)c3)[C@@H](OC(=O)c3cc(O)c(O)c(O)c3)[C@H](OC(=O)c3cc(O)c(O)c(O)c3)[C@H]2OC(=O)c2cc(O)c(O)c(O)c2)[C@@H](OC(=O)c2cc(O)c(O)c(O)c2)[C@H](OC(=O)c2cc(O)c(O)c(O)c2)[C@H]1OC(=O)c1cc(O)c(O)c(O)c1)c1cc(O)c(O)c(O)c1. The molecule has 2 heterocycles. The molecule has 0 amide bonds. The molecule has 2 saturated heterocycles. The van der Waals surface area contributed by atoms with Crippen LogP contribution in [-0.4, -0.2) is 245 Å². The summed E-state index contributed by atoms with van der Waals surface area (Å²) in [6.45, 7) is -3.18. The summed E-state index contributed by atoms with van der Waals surface area (Å²) in [6.07, 6.45) is -29.0. The van der Waals surface area contributed by atoms with Crippen molar-refractivity contribution in [3.05, 3.63) is 142 Å². The van der Waals surface area contributed by atoms with Gasteiger partial charge in [-0.3, -0.25) is 0 Å². The van der Waals surface area contributed by atoms with Crippen molar-refractivity contribution in [3.8, 4) is 138 Å². The molecule has 43 heteroatoms. The molecule has 0 aliphatic carbocycles. The number of carbonyl (C=O) groups is 8. The molecule has 2 aliphatic rings. The zero-order chi connectivity index (χ0) is 81.4. The van der Waals surface area contributed by atoms with Crippen LogP contribution < -0.4 is 0 Å². The maximum Gasteiger partial charge on any atom is 0.339 e. The number of ether oxygens (including phenoxy) is 11. The average molecular weight is 1560 g/mol. The van der Waals surface area contributed by atoms with Gasteiger partial charge in [-0.25, -0.2) is 38.4 Å². The first-order chi connectivity index (χ1) is 52.2. The summed E-state index contributed by atoms with van der Waals surface area (Å²) in [5.74, 6) is -45.4. The lowest BCUT2D eigenvalue weighted by Crippen LogP contribution is -2.67. The summed E-state index contributed by atoms with van der Waals surface area (Å²) in [5.41, 5.74) is -7.99. The number of rotatable bonds is 20. The molecule has 0 unspecified atom stereocenters. The predicted molar refractivity (Wildman–Crippen MR) is 346 cm³/mol. The van der Waals surface area contributed by atoms with Crippen molar-refractivity contribution >= 4 is 47.8 Å². The Labute approximate surface area is 613 Å². The normalized spacial score (nSPS) is 19.3. The number of aromatic hydroxyl groups is 24. The fourth-order valence-corrected chi connectivity index (χ4v) is 10.6. The van der Waals surface area contributed by atoms with Crippen molar-refractivity contribution in [2.24, 2.45) is 0 Å². The van der Waals surface area contributed by atoms with Crippen LogP contribution in [0.2, 0.25) is 0 Å². The van der Waals surface area contributed by atoms with Crippen LogP contribution >= 0.6 is 0 Å². The van der Waals surface area contributed by atoms with Crippen LogP contribution in [0.1, 0.15) is 82.9 Å². The number of phenols is 24. The van der Waals surface area contributed by atoms with Gasteiger partial charge in [-0.05, 0) is 97.1 Å². The number of benzene rings is 8. The highest BCUT2D eigenvalue weighted by Crippen LogP contribution is 2.46. The zero-order valence-corrected chi connectivity index (χ0v) is 54.9. The van der Waals surface area contributed by atoms with E-state index in [1.165, 1.54) is 0 Å². The monoisotopic (exact) mass is 1560 g/mol. The molecule has 43 nitrogen and oxygen atoms in total. The Balaban J connectivity index is 1.23. The Kier molecular flexibility index (Phi) is 21.8. The molecule has 24 N–H and O–H groups in total. The second-order valence-electron chi connectivity index (χ2n) is 23.5. The number of carbonyl (C=O) groups excluding carboxylic acids is 8. The average Bonchev–Trinajstić information content (AvgIpc) is 0.758. The summed E-state index contributed by atoms with van der Waals surface area (Å²) in [6, 6.07) is 6.70. The third-order valence-corrected chi connectivity index (χ3v) is 16.1. The van der Waals surface area contributed by atoms with E-state index < -0.39 is 305 Å². The number of phenolic OH excluding ortho intramolecular Hbond substituents is 24. The van der Waals surface area contributed by atoms with Crippen molar-refractivity contribution in [1.29, 1.82) is 0 Å². The summed E-state index contributed by atoms with van der Waals surface area (Å²) in [5, 5.41) is 251. The topological polar surface area (TPSA) is 724 Å². The van der Waals surface area contributed by atoms with Crippen LogP contribution in [0.3, 0.4) is 0 Å². The van der Waals surface area contributed by atoms with Crippen molar-refractivity contribution in [3.63, 3.8) is 0 Å². The number of hydrogen-bond donors (Lipinski definition) is 24. The molecule has 111 heavy (non-hydrogen) atoms. The lowest BCUT2D eigenvalue weighted by atomic mass is 9.96. The molecule has 0 bridgehead atoms. The largest absolute Gasteiger partial charge is 0.504 e. The third kappa shape index (κ3) is 16.4. The van der Waals surface area contributed by atoms with Gasteiger partial charge in [0.25, 0.3) is 0 Å². The first kappa shape index (κ1) is 78.2. The molecule has 10 rings (SSSR count). The van der Waals surface area contributed by atoms with E-state index in [4.69, 9.17) is 52.1 Å². The molecule has 8 aromatic carbocycles. The van der Waals surface area contributed by atoms with Crippen molar-refractivity contribution in [2.75, 3.05) is 13.2 Å². The van der Waals surface area contributed by atoms with Gasteiger partial charge in [-0.2, -0.15) is 0 Å². The highest BCUT2D eigenvalue weighted by Gasteiger charge is 2.59. The minimum absolute atomic E-state index is 0.378. The maximum absolute atomic E-state index is 14.9. The standard InChI is InChI=1S/C68H54O43/c69-27-1-19(2-28(70)45(27)85)59(93)101-17-43-53(105-61(95)21-5-31(73)47(87)32(74)6-21)55(107-63(97)23-9-35(77)49(89)36(78)10-23)57(109-65(99)25-13-39(81)51(91)40(82)14-25)67(103-43)111-68-58(110-66(100)26-15-41(83)52(92)42(84)16-26)56(108-64(98)24-11-37(79)50(90)38(80)12-24)54(106-62(96)22-7-33(75)48(88)34(76)8-22)44(104-68)18-102-60(94)20-3-29(71)46(86)30(72)4-20/h1-16,43-44,53-58,67-92H,17-18H2/t43-,44+,53-,54+,55+,56-,57-,58+,67-,68+. The molecule has 0 radical (unpaired) electrons. The quantitative estimate of drug-likeness (QED) is 0.0296. The van der Waals surface area contributed by atoms with Gasteiger partial charge < -0.3 is 175 Å². The molecule has 8 aromatic rings. The zero-order valence-electron chi connectivity index (χ0n) is 54.9. The molecule has 0 aromatic heterocycles. The van der Waals surface area contributed by atoms with Crippen molar-refractivity contribution < 1.29 is 213 Å². The van der Waals surface area contributed by atoms with Gasteiger partial charge in [0, 0.05) is 0 Å². The fourth-order valence-electron chi connectivity index (χ4n) is 10.6. The maximum atomic E-state index is 14.9. The second-order valence-corrected chi connectivity index (χ2v) is 23.5. The van der Waals surface area contributed by atoms with Crippen LogP contribution in [0.15, 0.2) is 97.1 Å². The molecule has 2 aliphatic heterocycles. The number of esters is 8. The van der Waals surface area contributed by atoms with Crippen LogP contribution in [0, 0.1) is 0 Å². The summed E-state index contributed by atoms with van der Waals surface area (Å²) >= 11 is 0. The highest BCUT2D eigenvalue weighted by atomic mass is 16.8. The van der Waals surface area contributed by atoms with Gasteiger partial charge >= 0.3 is 47.8 Å². The minimum Gasteiger partial charge on any atom is -0.504 e. The van der Waals surface area contributed by atoms with Gasteiger partial charge in [0.2, 0.25) is 12.6 Å². The fraction of sp³-hybridized carbons (Fsp3) is 0.176. The van der Waals surface area contributed by atoms with E-state index in [1.807, 2.05) is 0 Å². The Morgan fingerprint density at radius 2 is 0.360 bits per heavy atom. The molecular weight excluding hydrogens is 1500 g/mol.